The Morgan fingerprint density at radius 2 is 1.47 bits per heavy atom. The molecule has 184 valence electrons. The molecule has 12 heteroatoms. The van der Waals surface area contributed by atoms with Gasteiger partial charge in [-0.15, -0.1) is 0 Å². The summed E-state index contributed by atoms with van der Waals surface area (Å²) in [6, 6.07) is -2.69. The predicted octanol–water partition coefficient (Wildman–Crippen LogP) is -2.08. The molecule has 2 heterocycles. The summed E-state index contributed by atoms with van der Waals surface area (Å²) in [7, 11) is 0. The number of aliphatic hydroxyl groups is 2. The molecule has 0 saturated carbocycles. The molecule has 0 spiro atoms. The molecule has 0 aromatic heterocycles. The van der Waals surface area contributed by atoms with Crippen molar-refractivity contribution in [2.24, 2.45) is 5.73 Å². The number of hydrogen-bond donors (Lipinski definition) is 5. The van der Waals surface area contributed by atoms with Crippen LogP contribution in [0.3, 0.4) is 0 Å². The van der Waals surface area contributed by atoms with Crippen LogP contribution in [0.15, 0.2) is 0 Å². The van der Waals surface area contributed by atoms with E-state index in [1.807, 2.05) is 0 Å². The van der Waals surface area contributed by atoms with Crippen LogP contribution in [0.1, 0.15) is 41.0 Å². The van der Waals surface area contributed by atoms with Gasteiger partial charge in [-0.1, -0.05) is 0 Å². The summed E-state index contributed by atoms with van der Waals surface area (Å²) >= 11 is 0. The van der Waals surface area contributed by atoms with Gasteiger partial charge in [0.2, 0.25) is 11.8 Å². The average molecular weight is 462 g/mol. The quantitative estimate of drug-likeness (QED) is 0.269. The molecule has 2 amide bonds. The van der Waals surface area contributed by atoms with E-state index in [1.54, 1.807) is 13.8 Å². The van der Waals surface area contributed by atoms with Gasteiger partial charge in [0.1, 0.15) is 36.2 Å². The zero-order valence-corrected chi connectivity index (χ0v) is 19.0. The highest BCUT2D eigenvalue weighted by Gasteiger charge is 2.50. The van der Waals surface area contributed by atoms with Crippen LogP contribution in [-0.4, -0.2) is 95.6 Å². The molecule has 0 aromatic carbocycles. The number of carbonyl (C=O) groups excluding carboxylic acids is 3. The Balaban J connectivity index is 2.28. The molecule has 2 aliphatic rings. The monoisotopic (exact) mass is 461 g/mol. The summed E-state index contributed by atoms with van der Waals surface area (Å²) in [5.41, 5.74) is 6.32. The van der Waals surface area contributed by atoms with E-state index in [9.17, 15) is 24.6 Å². The van der Waals surface area contributed by atoms with Crippen molar-refractivity contribution in [1.29, 1.82) is 0 Å². The summed E-state index contributed by atoms with van der Waals surface area (Å²) in [4.78, 5) is 34.8. The molecule has 10 atom stereocenters. The highest BCUT2D eigenvalue weighted by Crippen LogP contribution is 2.29. The van der Waals surface area contributed by atoms with Gasteiger partial charge in [0.25, 0.3) is 0 Å². The summed E-state index contributed by atoms with van der Waals surface area (Å²) in [6.45, 7) is 7.34. The number of Topliss-reactive ketones (excluding diaryl/α,β-unsaturated/α-hetero) is 1. The molecular formula is C20H35N3O9. The average Bonchev–Trinajstić information content (AvgIpc) is 2.68. The lowest BCUT2D eigenvalue weighted by Crippen LogP contribution is -2.70. The van der Waals surface area contributed by atoms with Gasteiger partial charge in [-0.25, -0.2) is 0 Å². The molecule has 2 fully saturated rings. The number of ether oxygens (including phenoxy) is 4. The lowest BCUT2D eigenvalue weighted by molar-refractivity contribution is -0.304. The van der Waals surface area contributed by atoms with Gasteiger partial charge in [-0.3, -0.25) is 14.4 Å². The topological polar surface area (TPSA) is 179 Å². The SMILES string of the molecule is CC(=O)CCO[C@@H]1OC(C)[C@H](N)[C@H](O[C@@H]2OC(C)[C@H](O)[C@H](O)C2NC(C)=O)C1NC(C)=O. The van der Waals surface area contributed by atoms with Crippen LogP contribution < -0.4 is 16.4 Å². The minimum absolute atomic E-state index is 0.0651. The zero-order valence-electron chi connectivity index (χ0n) is 19.0. The van der Waals surface area contributed by atoms with E-state index in [1.165, 1.54) is 20.8 Å². The van der Waals surface area contributed by atoms with Gasteiger partial charge in [-0.2, -0.15) is 0 Å². The number of rotatable bonds is 8. The molecule has 0 aliphatic carbocycles. The second-order valence-electron chi connectivity index (χ2n) is 8.35. The fourth-order valence-corrected chi connectivity index (χ4v) is 3.76. The molecule has 0 aromatic rings. The maximum absolute atomic E-state index is 11.9. The van der Waals surface area contributed by atoms with Crippen LogP contribution in [0.4, 0.5) is 0 Å². The van der Waals surface area contributed by atoms with Gasteiger partial charge in [0, 0.05) is 20.3 Å². The number of amides is 2. The van der Waals surface area contributed by atoms with Crippen molar-refractivity contribution in [3.05, 3.63) is 0 Å². The Bertz CT molecular complexity index is 679. The van der Waals surface area contributed by atoms with E-state index in [-0.39, 0.29) is 24.7 Å². The van der Waals surface area contributed by atoms with E-state index in [2.05, 4.69) is 10.6 Å². The molecule has 12 nitrogen and oxygen atoms in total. The van der Waals surface area contributed by atoms with Gasteiger partial charge < -0.3 is 45.5 Å². The number of aliphatic hydroxyl groups excluding tert-OH is 2. The molecule has 0 bridgehead atoms. The van der Waals surface area contributed by atoms with Crippen LogP contribution >= 0.6 is 0 Å². The summed E-state index contributed by atoms with van der Waals surface area (Å²) in [5, 5.41) is 25.9. The first-order valence-electron chi connectivity index (χ1n) is 10.7. The van der Waals surface area contributed by atoms with Crippen molar-refractivity contribution in [2.75, 3.05) is 6.61 Å². The van der Waals surface area contributed by atoms with Gasteiger partial charge >= 0.3 is 0 Å². The standard InChI is InChI=1S/C20H35N3O9/c1-8(24)6-7-29-19-15(23-12(5)26)18(13(21)9(2)30-19)32-20-14(22-11(4)25)17(28)16(27)10(3)31-20/h9-10,13-20,27-28H,6-7,21H2,1-5H3,(H,22,25)(H,23,26)/t9?,10?,13-,14?,15?,16-,17+,18-,19+,20-/m0/s1. The maximum atomic E-state index is 11.9. The second kappa shape index (κ2) is 11.5. The third-order valence-corrected chi connectivity index (χ3v) is 5.53. The molecule has 6 N–H and O–H groups in total. The first kappa shape index (κ1) is 26.6. The molecule has 2 aliphatic heterocycles. The zero-order chi connectivity index (χ0) is 24.2. The first-order chi connectivity index (χ1) is 14.9. The highest BCUT2D eigenvalue weighted by molar-refractivity contribution is 5.75. The molecule has 0 radical (unpaired) electrons. The molecule has 32 heavy (non-hydrogen) atoms. The number of ketones is 1. The third kappa shape index (κ3) is 6.67. The largest absolute Gasteiger partial charge is 0.388 e. The fourth-order valence-electron chi connectivity index (χ4n) is 3.76. The smallest absolute Gasteiger partial charge is 0.217 e. The fraction of sp³-hybridized carbons (Fsp3) is 0.850. The Hall–Kier alpha value is -1.67. The number of hydrogen-bond acceptors (Lipinski definition) is 10. The van der Waals surface area contributed by atoms with Crippen molar-refractivity contribution in [3.63, 3.8) is 0 Å². The van der Waals surface area contributed by atoms with Crippen molar-refractivity contribution < 1.29 is 43.5 Å². The summed E-state index contributed by atoms with van der Waals surface area (Å²) in [6.07, 6.45) is -6.84. The minimum Gasteiger partial charge on any atom is -0.388 e. The van der Waals surface area contributed by atoms with Gasteiger partial charge in [0.05, 0.1) is 24.9 Å². The third-order valence-electron chi connectivity index (χ3n) is 5.53. The van der Waals surface area contributed by atoms with Crippen molar-refractivity contribution >= 4 is 17.6 Å². The van der Waals surface area contributed by atoms with Crippen molar-refractivity contribution in [3.8, 4) is 0 Å². The van der Waals surface area contributed by atoms with Crippen LogP contribution in [0.5, 0.6) is 0 Å². The van der Waals surface area contributed by atoms with Crippen molar-refractivity contribution in [2.45, 2.75) is 102 Å². The Labute approximate surface area is 187 Å². The second-order valence-corrected chi connectivity index (χ2v) is 8.35. The van der Waals surface area contributed by atoms with Crippen LogP contribution in [0.25, 0.3) is 0 Å². The molecule has 2 rings (SSSR count). The molecular weight excluding hydrogens is 426 g/mol. The van der Waals surface area contributed by atoms with Crippen molar-refractivity contribution in [1.82, 2.24) is 10.6 Å². The Kier molecular flexibility index (Phi) is 9.52. The lowest BCUT2D eigenvalue weighted by atomic mass is 9.94. The van der Waals surface area contributed by atoms with Crippen LogP contribution in [-0.2, 0) is 33.3 Å². The van der Waals surface area contributed by atoms with Gasteiger partial charge in [0.15, 0.2) is 12.6 Å². The van der Waals surface area contributed by atoms with E-state index in [4.69, 9.17) is 24.7 Å². The number of carbonyl (C=O) groups is 3. The molecule has 2 saturated heterocycles. The normalized spacial score (nSPS) is 39.9. The first-order valence-corrected chi connectivity index (χ1v) is 10.7. The Morgan fingerprint density at radius 3 is 2.03 bits per heavy atom. The number of nitrogens with two attached hydrogens (primary N) is 1. The Morgan fingerprint density at radius 1 is 0.906 bits per heavy atom. The van der Waals surface area contributed by atoms with E-state index in [0.717, 1.165) is 0 Å². The molecule has 4 unspecified atom stereocenters. The minimum atomic E-state index is -1.36. The lowest BCUT2D eigenvalue weighted by Gasteiger charge is -2.48. The van der Waals surface area contributed by atoms with E-state index in [0.29, 0.717) is 0 Å². The van der Waals surface area contributed by atoms with Crippen LogP contribution in [0.2, 0.25) is 0 Å². The summed E-state index contributed by atoms with van der Waals surface area (Å²) < 4.78 is 23.4. The maximum Gasteiger partial charge on any atom is 0.217 e. The van der Waals surface area contributed by atoms with Crippen LogP contribution in [0, 0.1) is 0 Å². The number of nitrogens with one attached hydrogen (secondary N) is 2. The highest BCUT2D eigenvalue weighted by atomic mass is 16.7. The predicted molar refractivity (Wildman–Crippen MR) is 110 cm³/mol. The van der Waals surface area contributed by atoms with E-state index < -0.39 is 67.1 Å². The van der Waals surface area contributed by atoms with Gasteiger partial charge in [-0.05, 0) is 20.8 Å². The van der Waals surface area contributed by atoms with E-state index >= 15 is 0 Å². The summed E-state index contributed by atoms with van der Waals surface area (Å²) in [5.74, 6) is -0.910.